The van der Waals surface area contributed by atoms with Crippen LogP contribution in [0.2, 0.25) is 0 Å². The Kier molecular flexibility index (Phi) is 3.13. The molecular weight excluding hydrogens is 246 g/mol. The van der Waals surface area contributed by atoms with E-state index in [1.165, 1.54) is 24.8 Å². The first-order chi connectivity index (χ1) is 9.38. The lowest BCUT2D eigenvalue weighted by atomic mass is 9.70. The Morgan fingerprint density at radius 1 is 1.30 bits per heavy atom. The summed E-state index contributed by atoms with van der Waals surface area (Å²) in [6, 6.07) is 6.37. The molecule has 0 aliphatic heterocycles. The molecule has 2 saturated carbocycles. The van der Waals surface area contributed by atoms with Gasteiger partial charge < -0.3 is 10.5 Å². The highest BCUT2D eigenvalue weighted by Crippen LogP contribution is 2.66. The molecule has 1 aromatic rings. The summed E-state index contributed by atoms with van der Waals surface area (Å²) >= 11 is 0. The van der Waals surface area contributed by atoms with Crippen LogP contribution in [0.1, 0.15) is 51.2 Å². The van der Waals surface area contributed by atoms with Crippen LogP contribution in [0, 0.1) is 23.7 Å². The van der Waals surface area contributed by atoms with Crippen molar-refractivity contribution in [2.45, 2.75) is 59.6 Å². The van der Waals surface area contributed by atoms with E-state index in [4.69, 9.17) is 10.5 Å². The third-order valence-corrected chi connectivity index (χ3v) is 6.42. The predicted octanol–water partition coefficient (Wildman–Crippen LogP) is 4.05. The van der Waals surface area contributed by atoms with E-state index in [1.54, 1.807) is 0 Å². The van der Waals surface area contributed by atoms with Crippen LogP contribution < -0.4 is 10.5 Å². The Bertz CT molecular complexity index is 522. The molecule has 3 unspecified atom stereocenters. The second-order valence-corrected chi connectivity index (χ2v) is 7.53. The molecule has 110 valence electrons. The van der Waals surface area contributed by atoms with Gasteiger partial charge in [-0.3, -0.25) is 0 Å². The zero-order valence-corrected chi connectivity index (χ0v) is 13.2. The van der Waals surface area contributed by atoms with Crippen molar-refractivity contribution in [3.05, 3.63) is 29.3 Å². The van der Waals surface area contributed by atoms with E-state index in [-0.39, 0.29) is 0 Å². The largest absolute Gasteiger partial charge is 0.489 e. The lowest BCUT2D eigenvalue weighted by Gasteiger charge is -2.39. The molecule has 0 spiro atoms. The molecule has 3 rings (SSSR count). The van der Waals surface area contributed by atoms with Gasteiger partial charge >= 0.3 is 0 Å². The maximum atomic E-state index is 6.44. The van der Waals surface area contributed by atoms with Crippen LogP contribution in [0.3, 0.4) is 0 Å². The van der Waals surface area contributed by atoms with E-state index in [2.05, 4.69) is 45.9 Å². The maximum absolute atomic E-state index is 6.44. The minimum absolute atomic E-state index is 0.300. The van der Waals surface area contributed by atoms with Crippen molar-refractivity contribution in [1.82, 2.24) is 0 Å². The number of nitrogens with two attached hydrogens (primary N) is 1. The molecule has 2 aliphatic carbocycles. The van der Waals surface area contributed by atoms with Crippen LogP contribution in [-0.4, -0.2) is 6.10 Å². The molecular formula is C18H27NO. The van der Waals surface area contributed by atoms with Gasteiger partial charge in [0.2, 0.25) is 0 Å². The Balaban J connectivity index is 1.87. The Hall–Kier alpha value is -1.02. The predicted molar refractivity (Wildman–Crippen MR) is 82.7 cm³/mol. The highest BCUT2D eigenvalue weighted by molar-refractivity contribution is 5.37. The molecule has 0 saturated heterocycles. The lowest BCUT2D eigenvalue weighted by Crippen LogP contribution is -2.39. The first-order valence-electron chi connectivity index (χ1n) is 7.85. The normalized spacial score (nSPS) is 34.5. The second-order valence-electron chi connectivity index (χ2n) is 7.53. The molecule has 2 bridgehead atoms. The summed E-state index contributed by atoms with van der Waals surface area (Å²) in [5, 5.41) is 0. The zero-order valence-electron chi connectivity index (χ0n) is 13.2. The second kappa shape index (κ2) is 4.49. The van der Waals surface area contributed by atoms with Gasteiger partial charge in [-0.1, -0.05) is 38.5 Å². The van der Waals surface area contributed by atoms with Gasteiger partial charge in [-0.15, -0.1) is 0 Å². The zero-order chi connectivity index (χ0) is 14.5. The summed E-state index contributed by atoms with van der Waals surface area (Å²) in [6.07, 6.45) is 4.19. The van der Waals surface area contributed by atoms with Crippen molar-refractivity contribution in [3.63, 3.8) is 0 Å². The van der Waals surface area contributed by atoms with Crippen LogP contribution in [0.25, 0.3) is 0 Å². The quantitative estimate of drug-likeness (QED) is 0.901. The van der Waals surface area contributed by atoms with E-state index in [0.717, 1.165) is 17.2 Å². The van der Waals surface area contributed by atoms with Gasteiger partial charge in [-0.25, -0.2) is 0 Å². The Morgan fingerprint density at radius 2 is 2.05 bits per heavy atom. The van der Waals surface area contributed by atoms with Crippen LogP contribution in [0.5, 0.6) is 5.75 Å². The standard InChI is InChI=1S/C18H27NO/c1-12-5-6-15(13(9-12)11-19)20-16-10-14-7-8-18(16,4)17(14,2)3/h5-6,9,14,16H,7-8,10-11,19H2,1-4H3. The topological polar surface area (TPSA) is 35.2 Å². The summed E-state index contributed by atoms with van der Waals surface area (Å²) in [5.41, 5.74) is 8.95. The number of benzene rings is 1. The number of fused-ring (bicyclic) bond motifs is 2. The third kappa shape index (κ3) is 1.81. The fraction of sp³-hybridized carbons (Fsp3) is 0.667. The van der Waals surface area contributed by atoms with Crippen LogP contribution in [0.4, 0.5) is 0 Å². The van der Waals surface area contributed by atoms with Gasteiger partial charge in [-0.05, 0) is 43.6 Å². The highest BCUT2D eigenvalue weighted by atomic mass is 16.5. The summed E-state index contributed by atoms with van der Waals surface area (Å²) < 4.78 is 6.44. The molecule has 0 amide bonds. The van der Waals surface area contributed by atoms with Gasteiger partial charge in [0, 0.05) is 17.5 Å². The van der Waals surface area contributed by atoms with Crippen molar-refractivity contribution in [2.75, 3.05) is 0 Å². The van der Waals surface area contributed by atoms with Crippen molar-refractivity contribution in [3.8, 4) is 5.75 Å². The molecule has 2 N–H and O–H groups in total. The average molecular weight is 273 g/mol. The molecule has 2 heteroatoms. The van der Waals surface area contributed by atoms with Crippen LogP contribution in [-0.2, 0) is 6.54 Å². The number of aryl methyl sites for hydroxylation is 1. The SMILES string of the molecule is Cc1ccc(OC2CC3CCC2(C)C3(C)C)c(CN)c1. The monoisotopic (exact) mass is 273 g/mol. The van der Waals surface area contributed by atoms with Crippen molar-refractivity contribution < 1.29 is 4.74 Å². The van der Waals surface area contributed by atoms with E-state index in [0.29, 0.717) is 23.5 Å². The number of hydrogen-bond acceptors (Lipinski definition) is 2. The molecule has 3 atom stereocenters. The van der Waals surface area contributed by atoms with Crippen LogP contribution in [0.15, 0.2) is 18.2 Å². The van der Waals surface area contributed by atoms with Crippen molar-refractivity contribution >= 4 is 0 Å². The highest BCUT2D eigenvalue weighted by Gasteiger charge is 2.62. The third-order valence-electron chi connectivity index (χ3n) is 6.42. The number of hydrogen-bond donors (Lipinski definition) is 1. The number of rotatable bonds is 3. The van der Waals surface area contributed by atoms with E-state index < -0.39 is 0 Å². The van der Waals surface area contributed by atoms with Gasteiger partial charge in [0.05, 0.1) is 0 Å². The summed E-state index contributed by atoms with van der Waals surface area (Å²) in [5.74, 6) is 1.80. The minimum atomic E-state index is 0.300. The summed E-state index contributed by atoms with van der Waals surface area (Å²) in [4.78, 5) is 0. The van der Waals surface area contributed by atoms with Crippen molar-refractivity contribution in [2.24, 2.45) is 22.5 Å². The molecule has 2 aliphatic rings. The van der Waals surface area contributed by atoms with Gasteiger partial charge in [-0.2, -0.15) is 0 Å². The molecule has 1 aromatic carbocycles. The fourth-order valence-electron chi connectivity index (χ4n) is 4.44. The van der Waals surface area contributed by atoms with E-state index in [1.807, 2.05) is 0 Å². The molecule has 2 fully saturated rings. The Labute approximate surface area is 122 Å². The summed E-state index contributed by atoms with van der Waals surface area (Å²) in [7, 11) is 0. The minimum Gasteiger partial charge on any atom is -0.489 e. The fourth-order valence-corrected chi connectivity index (χ4v) is 4.44. The van der Waals surface area contributed by atoms with E-state index in [9.17, 15) is 0 Å². The lowest BCUT2D eigenvalue weighted by molar-refractivity contribution is 0.0296. The van der Waals surface area contributed by atoms with E-state index >= 15 is 0 Å². The summed E-state index contributed by atoms with van der Waals surface area (Å²) in [6.45, 7) is 9.92. The Morgan fingerprint density at radius 3 is 2.60 bits per heavy atom. The molecule has 2 nitrogen and oxygen atoms in total. The smallest absolute Gasteiger partial charge is 0.124 e. The van der Waals surface area contributed by atoms with Crippen molar-refractivity contribution in [1.29, 1.82) is 0 Å². The van der Waals surface area contributed by atoms with Gasteiger partial charge in [0.15, 0.2) is 0 Å². The first kappa shape index (κ1) is 13.9. The molecule has 0 aromatic heterocycles. The van der Waals surface area contributed by atoms with Gasteiger partial charge in [0.1, 0.15) is 11.9 Å². The maximum Gasteiger partial charge on any atom is 0.124 e. The van der Waals surface area contributed by atoms with Crippen LogP contribution >= 0.6 is 0 Å². The van der Waals surface area contributed by atoms with Gasteiger partial charge in [0.25, 0.3) is 0 Å². The number of ether oxygens (including phenoxy) is 1. The molecule has 0 heterocycles. The average Bonchev–Trinajstić information content (AvgIpc) is 2.74. The first-order valence-corrected chi connectivity index (χ1v) is 7.85. The molecule has 20 heavy (non-hydrogen) atoms. The molecule has 0 radical (unpaired) electrons.